The smallest absolute Gasteiger partial charge is 0.0623 e. The van der Waals surface area contributed by atoms with E-state index in [0.717, 1.165) is 19.6 Å². The Kier molecular flexibility index (Phi) is 5.05. The van der Waals surface area contributed by atoms with Crippen LogP contribution in [0.4, 0.5) is 0 Å². The Balaban J connectivity index is 2.41. The maximum atomic E-state index is 4.31. The summed E-state index contributed by atoms with van der Waals surface area (Å²) in [6.45, 7) is 9.83. The summed E-state index contributed by atoms with van der Waals surface area (Å²) in [5, 5.41) is 7.77. The third kappa shape index (κ3) is 4.97. The van der Waals surface area contributed by atoms with Crippen molar-refractivity contribution in [1.82, 2.24) is 15.1 Å². The largest absolute Gasteiger partial charge is 0.316 e. The quantitative estimate of drug-likeness (QED) is 0.644. The van der Waals surface area contributed by atoms with Crippen molar-refractivity contribution in [1.29, 1.82) is 0 Å². The highest BCUT2D eigenvalue weighted by Crippen LogP contribution is 2.17. The van der Waals surface area contributed by atoms with E-state index in [1.54, 1.807) is 0 Å². The van der Waals surface area contributed by atoms with Crippen molar-refractivity contribution in [3.63, 3.8) is 0 Å². The second-order valence-corrected chi connectivity index (χ2v) is 5.94. The van der Waals surface area contributed by atoms with Crippen LogP contribution in [0.25, 0.3) is 0 Å². The van der Waals surface area contributed by atoms with E-state index in [-0.39, 0.29) is 5.41 Å². The van der Waals surface area contributed by atoms with Gasteiger partial charge in [-0.15, -0.1) is 0 Å². The highest BCUT2D eigenvalue weighted by atomic mass is 127. The van der Waals surface area contributed by atoms with Crippen molar-refractivity contribution in [2.24, 2.45) is 5.41 Å². The van der Waals surface area contributed by atoms with Crippen molar-refractivity contribution in [2.75, 3.05) is 13.1 Å². The molecule has 0 saturated carbocycles. The Labute approximate surface area is 106 Å². The molecular weight excluding hydrogens is 301 g/mol. The summed E-state index contributed by atoms with van der Waals surface area (Å²) in [6.07, 6.45) is 5.17. The highest BCUT2D eigenvalue weighted by molar-refractivity contribution is 14.1. The number of nitrogens with one attached hydrogen (secondary N) is 1. The van der Waals surface area contributed by atoms with E-state index >= 15 is 0 Å². The van der Waals surface area contributed by atoms with Gasteiger partial charge in [-0.3, -0.25) is 4.68 Å². The molecule has 0 aromatic carbocycles. The molecule has 0 aliphatic heterocycles. The first-order valence-corrected chi connectivity index (χ1v) is 6.50. The predicted octanol–water partition coefficient (Wildman–Crippen LogP) is 2.51. The lowest BCUT2D eigenvalue weighted by Crippen LogP contribution is -2.33. The second-order valence-electron chi connectivity index (χ2n) is 4.70. The summed E-state index contributed by atoms with van der Waals surface area (Å²) in [4.78, 5) is 0. The van der Waals surface area contributed by atoms with Crippen molar-refractivity contribution in [2.45, 2.75) is 33.7 Å². The van der Waals surface area contributed by atoms with Gasteiger partial charge in [-0.2, -0.15) is 5.10 Å². The minimum Gasteiger partial charge on any atom is -0.316 e. The zero-order valence-corrected chi connectivity index (χ0v) is 11.9. The maximum absolute atomic E-state index is 4.31. The molecule has 1 aromatic rings. The summed E-state index contributed by atoms with van der Waals surface area (Å²) in [7, 11) is 0. The van der Waals surface area contributed by atoms with E-state index in [0.29, 0.717) is 0 Å². The van der Waals surface area contributed by atoms with Crippen LogP contribution in [0, 0.1) is 8.99 Å². The van der Waals surface area contributed by atoms with Crippen LogP contribution >= 0.6 is 22.6 Å². The molecule has 0 bridgehead atoms. The summed E-state index contributed by atoms with van der Waals surface area (Å²) in [6, 6.07) is 0. The monoisotopic (exact) mass is 321 g/mol. The topological polar surface area (TPSA) is 29.9 Å². The van der Waals surface area contributed by atoms with E-state index < -0.39 is 0 Å². The molecule has 0 saturated heterocycles. The Bertz CT molecular complexity index is 294. The molecule has 4 heteroatoms. The fourth-order valence-corrected chi connectivity index (χ4v) is 1.97. The van der Waals surface area contributed by atoms with Gasteiger partial charge < -0.3 is 5.32 Å². The van der Waals surface area contributed by atoms with Gasteiger partial charge in [-0.1, -0.05) is 20.8 Å². The van der Waals surface area contributed by atoms with Crippen molar-refractivity contribution >= 4 is 22.6 Å². The Morgan fingerprint density at radius 1 is 1.53 bits per heavy atom. The molecule has 3 nitrogen and oxygen atoms in total. The van der Waals surface area contributed by atoms with E-state index in [9.17, 15) is 0 Å². The molecule has 1 aromatic heterocycles. The first-order chi connectivity index (χ1) is 7.03. The molecule has 0 fully saturated rings. The number of hydrogen-bond acceptors (Lipinski definition) is 2. The Morgan fingerprint density at radius 2 is 2.27 bits per heavy atom. The molecule has 0 radical (unpaired) electrons. The lowest BCUT2D eigenvalue weighted by molar-refractivity contribution is 0.277. The van der Waals surface area contributed by atoms with E-state index in [1.807, 2.05) is 10.9 Å². The van der Waals surface area contributed by atoms with Gasteiger partial charge in [-0.05, 0) is 41.0 Å². The minimum atomic E-state index is 0.254. The molecule has 86 valence electrons. The zero-order chi connectivity index (χ0) is 11.3. The van der Waals surface area contributed by atoms with Gasteiger partial charge in [-0.25, -0.2) is 0 Å². The third-order valence-corrected chi connectivity index (χ3v) is 2.78. The van der Waals surface area contributed by atoms with Gasteiger partial charge in [0.2, 0.25) is 0 Å². The number of halogens is 1. The van der Waals surface area contributed by atoms with Crippen LogP contribution in [0.3, 0.4) is 0 Å². The van der Waals surface area contributed by atoms with Gasteiger partial charge in [0.25, 0.3) is 0 Å². The van der Waals surface area contributed by atoms with Crippen LogP contribution < -0.4 is 5.32 Å². The van der Waals surface area contributed by atoms with Crippen LogP contribution in [0.5, 0.6) is 0 Å². The molecular formula is C11H20IN3. The zero-order valence-electron chi connectivity index (χ0n) is 9.76. The average molecular weight is 321 g/mol. The van der Waals surface area contributed by atoms with E-state index in [1.165, 1.54) is 9.99 Å². The molecule has 0 unspecified atom stereocenters. The van der Waals surface area contributed by atoms with E-state index in [2.05, 4.69) is 60.0 Å². The van der Waals surface area contributed by atoms with Crippen molar-refractivity contribution in [3.8, 4) is 0 Å². The third-order valence-electron chi connectivity index (χ3n) is 2.22. The van der Waals surface area contributed by atoms with Crippen LogP contribution in [0.1, 0.15) is 27.2 Å². The lowest BCUT2D eigenvalue weighted by atomic mass is 9.93. The van der Waals surface area contributed by atoms with Gasteiger partial charge in [0.05, 0.1) is 9.77 Å². The van der Waals surface area contributed by atoms with Crippen LogP contribution in [0.15, 0.2) is 12.4 Å². The number of nitrogens with zero attached hydrogens (tertiary/aromatic N) is 2. The van der Waals surface area contributed by atoms with E-state index in [4.69, 9.17) is 0 Å². The normalized spacial score (nSPS) is 12.0. The lowest BCUT2D eigenvalue weighted by Gasteiger charge is -2.24. The summed E-state index contributed by atoms with van der Waals surface area (Å²) in [5.41, 5.74) is 0.254. The number of aromatic nitrogens is 2. The molecule has 0 aliphatic rings. The first kappa shape index (κ1) is 13.0. The molecule has 1 heterocycles. The Morgan fingerprint density at radius 3 is 2.80 bits per heavy atom. The van der Waals surface area contributed by atoms with Gasteiger partial charge >= 0.3 is 0 Å². The Hall–Kier alpha value is -0.100. The molecule has 0 atom stereocenters. The number of hydrogen-bond donors (Lipinski definition) is 1. The minimum absolute atomic E-state index is 0.254. The van der Waals surface area contributed by atoms with Crippen LogP contribution in [-0.4, -0.2) is 22.9 Å². The molecule has 0 aliphatic carbocycles. The van der Waals surface area contributed by atoms with Gasteiger partial charge in [0, 0.05) is 19.3 Å². The molecule has 1 N–H and O–H groups in total. The van der Waals surface area contributed by atoms with Gasteiger partial charge in [0.15, 0.2) is 0 Å². The number of rotatable bonds is 6. The SMILES string of the molecule is CCCNCC(C)(C)Cn1cc(I)cn1. The summed E-state index contributed by atoms with van der Waals surface area (Å²) < 4.78 is 3.22. The summed E-state index contributed by atoms with van der Waals surface area (Å²) >= 11 is 2.29. The van der Waals surface area contributed by atoms with Crippen LogP contribution in [-0.2, 0) is 6.54 Å². The maximum Gasteiger partial charge on any atom is 0.0623 e. The molecule has 0 amide bonds. The first-order valence-electron chi connectivity index (χ1n) is 5.42. The average Bonchev–Trinajstić information content (AvgIpc) is 2.50. The fraction of sp³-hybridized carbons (Fsp3) is 0.727. The van der Waals surface area contributed by atoms with Gasteiger partial charge in [0.1, 0.15) is 0 Å². The van der Waals surface area contributed by atoms with Crippen molar-refractivity contribution < 1.29 is 0 Å². The second kappa shape index (κ2) is 5.84. The summed E-state index contributed by atoms with van der Waals surface area (Å²) in [5.74, 6) is 0. The molecule has 1 rings (SSSR count). The molecule has 0 spiro atoms. The van der Waals surface area contributed by atoms with Crippen LogP contribution in [0.2, 0.25) is 0 Å². The highest BCUT2D eigenvalue weighted by Gasteiger charge is 2.18. The standard InChI is InChI=1S/C11H20IN3/c1-4-5-13-8-11(2,3)9-15-7-10(12)6-14-15/h6-7,13H,4-5,8-9H2,1-3H3. The van der Waals surface area contributed by atoms with Crippen molar-refractivity contribution in [3.05, 3.63) is 16.0 Å². The predicted molar refractivity (Wildman–Crippen MR) is 71.9 cm³/mol. The molecule has 15 heavy (non-hydrogen) atoms. The fourth-order valence-electron chi connectivity index (χ4n) is 1.52.